The van der Waals surface area contributed by atoms with Gasteiger partial charge in [-0.15, -0.1) is 0 Å². The van der Waals surface area contributed by atoms with Crippen LogP contribution in [0.1, 0.15) is 67.8 Å². The van der Waals surface area contributed by atoms with E-state index in [1.165, 1.54) is 73.5 Å². The quantitative estimate of drug-likeness (QED) is 0.734. The Morgan fingerprint density at radius 2 is 2.13 bits per heavy atom. The lowest BCUT2D eigenvalue weighted by Crippen LogP contribution is -2.26. The van der Waals surface area contributed by atoms with Gasteiger partial charge in [-0.1, -0.05) is 23.3 Å². The molecule has 23 heavy (non-hydrogen) atoms. The van der Waals surface area contributed by atoms with E-state index in [0.717, 1.165) is 6.54 Å². The largest absolute Gasteiger partial charge is 0.357 e. The molecule has 2 aromatic rings. The summed E-state index contributed by atoms with van der Waals surface area (Å²) in [6.07, 6.45) is 12.9. The summed E-state index contributed by atoms with van der Waals surface area (Å²) < 4.78 is 0. The Hall–Kier alpha value is -1.54. The van der Waals surface area contributed by atoms with Crippen molar-refractivity contribution < 1.29 is 0 Å². The Labute approximate surface area is 139 Å². The van der Waals surface area contributed by atoms with Gasteiger partial charge in [-0.3, -0.25) is 0 Å². The van der Waals surface area contributed by atoms with Crippen LogP contribution in [0.3, 0.4) is 0 Å². The number of benzene rings is 1. The number of nitrogens with one attached hydrogen (secondary N) is 2. The Morgan fingerprint density at radius 1 is 1.17 bits per heavy atom. The molecule has 0 aliphatic heterocycles. The van der Waals surface area contributed by atoms with Crippen LogP contribution in [0, 0.1) is 6.92 Å². The second-order valence-electron chi connectivity index (χ2n) is 7.32. The monoisotopic (exact) mass is 308 g/mol. The van der Waals surface area contributed by atoms with E-state index >= 15 is 0 Å². The highest BCUT2D eigenvalue weighted by atomic mass is 14.9. The van der Waals surface area contributed by atoms with Gasteiger partial charge in [-0.2, -0.15) is 0 Å². The van der Waals surface area contributed by atoms with Crippen molar-refractivity contribution in [2.24, 2.45) is 0 Å². The molecule has 1 heterocycles. The summed E-state index contributed by atoms with van der Waals surface area (Å²) in [5, 5.41) is 5.27. The average molecular weight is 308 g/mol. The van der Waals surface area contributed by atoms with Crippen molar-refractivity contribution in [1.82, 2.24) is 10.3 Å². The van der Waals surface area contributed by atoms with E-state index in [-0.39, 0.29) is 0 Å². The first-order valence-corrected chi connectivity index (χ1v) is 9.33. The molecule has 1 aromatic carbocycles. The number of allylic oxidation sites excluding steroid dienone is 1. The van der Waals surface area contributed by atoms with Crippen LogP contribution in [0.15, 0.2) is 29.8 Å². The molecule has 0 bridgehead atoms. The van der Waals surface area contributed by atoms with Crippen molar-refractivity contribution in [2.45, 2.75) is 64.3 Å². The summed E-state index contributed by atoms with van der Waals surface area (Å²) in [5.74, 6) is 0. The maximum Gasteiger partial charge on any atom is 0.0476 e. The Bertz CT molecular complexity index is 723. The molecule has 2 N–H and O–H groups in total. The van der Waals surface area contributed by atoms with E-state index in [1.807, 2.05) is 0 Å². The van der Waals surface area contributed by atoms with Crippen LogP contribution in [0.25, 0.3) is 10.9 Å². The van der Waals surface area contributed by atoms with Crippen molar-refractivity contribution >= 4 is 10.9 Å². The van der Waals surface area contributed by atoms with Crippen molar-refractivity contribution in [1.29, 1.82) is 0 Å². The molecule has 2 heteroatoms. The molecule has 4 rings (SSSR count). The SMILES string of the molecule is Cc1ccc2[nH]c3c(c2c1)CCCC3NCCC1=CCCCC1. The third-order valence-electron chi connectivity index (χ3n) is 5.58. The van der Waals surface area contributed by atoms with Gasteiger partial charge in [-0.25, -0.2) is 0 Å². The summed E-state index contributed by atoms with van der Waals surface area (Å²) in [6, 6.07) is 7.31. The maximum atomic E-state index is 3.83. The highest BCUT2D eigenvalue weighted by Crippen LogP contribution is 2.35. The van der Waals surface area contributed by atoms with E-state index in [4.69, 9.17) is 0 Å². The van der Waals surface area contributed by atoms with Crippen molar-refractivity contribution in [2.75, 3.05) is 6.54 Å². The zero-order valence-electron chi connectivity index (χ0n) is 14.3. The van der Waals surface area contributed by atoms with Gasteiger partial charge in [-0.05, 0) is 82.5 Å². The Morgan fingerprint density at radius 3 is 3.00 bits per heavy atom. The van der Waals surface area contributed by atoms with E-state index in [1.54, 1.807) is 11.1 Å². The maximum absolute atomic E-state index is 3.83. The van der Waals surface area contributed by atoms with Crippen LogP contribution in [0.5, 0.6) is 0 Å². The minimum Gasteiger partial charge on any atom is -0.357 e. The molecule has 122 valence electrons. The van der Waals surface area contributed by atoms with Gasteiger partial charge >= 0.3 is 0 Å². The summed E-state index contributed by atoms with van der Waals surface area (Å²) in [7, 11) is 0. The topological polar surface area (TPSA) is 27.8 Å². The third-order valence-corrected chi connectivity index (χ3v) is 5.58. The minimum absolute atomic E-state index is 0.510. The van der Waals surface area contributed by atoms with Gasteiger partial charge in [0, 0.05) is 22.6 Å². The molecule has 0 fully saturated rings. The van der Waals surface area contributed by atoms with Crippen LogP contribution in [0.4, 0.5) is 0 Å². The van der Waals surface area contributed by atoms with Crippen LogP contribution in [-0.2, 0) is 6.42 Å². The molecule has 0 spiro atoms. The summed E-state index contributed by atoms with van der Waals surface area (Å²) in [5.41, 5.74) is 7.36. The lowest BCUT2D eigenvalue weighted by Gasteiger charge is -2.24. The molecule has 0 amide bonds. The fourth-order valence-corrected chi connectivity index (χ4v) is 4.32. The molecule has 1 aromatic heterocycles. The highest BCUT2D eigenvalue weighted by Gasteiger charge is 2.23. The van der Waals surface area contributed by atoms with Gasteiger partial charge in [0.1, 0.15) is 0 Å². The summed E-state index contributed by atoms with van der Waals surface area (Å²) in [6.45, 7) is 3.31. The number of rotatable bonds is 4. The molecular formula is C21H28N2. The van der Waals surface area contributed by atoms with Crippen LogP contribution in [-0.4, -0.2) is 11.5 Å². The number of aromatic amines is 1. The Kier molecular flexibility index (Phi) is 4.26. The van der Waals surface area contributed by atoms with Crippen molar-refractivity contribution in [3.05, 3.63) is 46.7 Å². The fraction of sp³-hybridized carbons (Fsp3) is 0.524. The summed E-state index contributed by atoms with van der Waals surface area (Å²) in [4.78, 5) is 3.70. The zero-order chi connectivity index (χ0) is 15.6. The molecular weight excluding hydrogens is 280 g/mol. The third kappa shape index (κ3) is 3.10. The van der Waals surface area contributed by atoms with E-state index in [0.29, 0.717) is 6.04 Å². The van der Waals surface area contributed by atoms with Crippen LogP contribution >= 0.6 is 0 Å². The molecule has 1 unspecified atom stereocenters. The minimum atomic E-state index is 0.510. The number of H-pyrrole nitrogens is 1. The predicted octanol–water partition coefficient (Wildman–Crippen LogP) is 5.33. The molecule has 2 aliphatic rings. The van der Waals surface area contributed by atoms with E-state index in [2.05, 4.69) is 41.5 Å². The number of fused-ring (bicyclic) bond motifs is 3. The van der Waals surface area contributed by atoms with E-state index < -0.39 is 0 Å². The van der Waals surface area contributed by atoms with Gasteiger partial charge in [0.15, 0.2) is 0 Å². The summed E-state index contributed by atoms with van der Waals surface area (Å²) >= 11 is 0. The first-order chi connectivity index (χ1) is 11.3. The molecule has 0 radical (unpaired) electrons. The zero-order valence-corrected chi connectivity index (χ0v) is 14.3. The normalized spacial score (nSPS) is 21.3. The molecule has 2 nitrogen and oxygen atoms in total. The number of hydrogen-bond donors (Lipinski definition) is 2. The first-order valence-electron chi connectivity index (χ1n) is 9.33. The first kappa shape index (κ1) is 15.0. The smallest absolute Gasteiger partial charge is 0.0476 e. The lowest BCUT2D eigenvalue weighted by atomic mass is 9.91. The van der Waals surface area contributed by atoms with Gasteiger partial charge < -0.3 is 10.3 Å². The highest BCUT2D eigenvalue weighted by molar-refractivity contribution is 5.85. The molecule has 0 saturated carbocycles. The molecule has 0 saturated heterocycles. The fourth-order valence-electron chi connectivity index (χ4n) is 4.32. The molecule has 1 atom stereocenters. The van der Waals surface area contributed by atoms with Gasteiger partial charge in [0.2, 0.25) is 0 Å². The lowest BCUT2D eigenvalue weighted by molar-refractivity contribution is 0.453. The van der Waals surface area contributed by atoms with Crippen molar-refractivity contribution in [3.8, 4) is 0 Å². The Balaban J connectivity index is 1.49. The average Bonchev–Trinajstić information content (AvgIpc) is 2.95. The standard InChI is InChI=1S/C21H28N2/c1-15-10-11-19-18(14-15)17-8-5-9-20(21(17)23-19)22-13-12-16-6-3-2-4-7-16/h6,10-11,14,20,22-23H,2-5,7-9,12-13H2,1H3. The van der Waals surface area contributed by atoms with Crippen molar-refractivity contribution in [3.63, 3.8) is 0 Å². The second kappa shape index (κ2) is 6.52. The second-order valence-corrected chi connectivity index (χ2v) is 7.32. The van der Waals surface area contributed by atoms with Gasteiger partial charge in [0.25, 0.3) is 0 Å². The van der Waals surface area contributed by atoms with Crippen LogP contribution < -0.4 is 5.32 Å². The molecule has 2 aliphatic carbocycles. The number of aromatic nitrogens is 1. The van der Waals surface area contributed by atoms with E-state index in [9.17, 15) is 0 Å². The number of aryl methyl sites for hydroxylation is 2. The van der Waals surface area contributed by atoms with Crippen LogP contribution in [0.2, 0.25) is 0 Å². The predicted molar refractivity (Wildman–Crippen MR) is 97.9 cm³/mol. The van der Waals surface area contributed by atoms with Gasteiger partial charge in [0.05, 0.1) is 0 Å². The number of hydrogen-bond acceptors (Lipinski definition) is 1.